The Morgan fingerprint density at radius 2 is 1.83 bits per heavy atom. The molecular weight excluding hydrogens is 260 g/mol. The highest BCUT2D eigenvalue weighted by Crippen LogP contribution is 2.18. The maximum Gasteiger partial charge on any atom is 0.323 e. The Balaban J connectivity index is 2.81. The molecule has 8 heteroatoms. The summed E-state index contributed by atoms with van der Waals surface area (Å²) in [6.45, 7) is -1.38. The SMILES string of the molecule is NC(C(=O)N(CC(=O)O)CC(=O)O)c1cccs1. The Hall–Kier alpha value is -1.93. The summed E-state index contributed by atoms with van der Waals surface area (Å²) < 4.78 is 0. The van der Waals surface area contributed by atoms with Gasteiger partial charge in [0, 0.05) is 4.88 Å². The third kappa shape index (κ3) is 3.82. The molecule has 0 bridgehead atoms. The van der Waals surface area contributed by atoms with Gasteiger partial charge >= 0.3 is 11.9 Å². The maximum absolute atomic E-state index is 11.9. The van der Waals surface area contributed by atoms with Gasteiger partial charge in [0.15, 0.2) is 0 Å². The molecule has 0 aliphatic carbocycles. The largest absolute Gasteiger partial charge is 0.480 e. The van der Waals surface area contributed by atoms with Crippen LogP contribution >= 0.6 is 11.3 Å². The Morgan fingerprint density at radius 1 is 1.28 bits per heavy atom. The summed E-state index contributed by atoms with van der Waals surface area (Å²) in [6.07, 6.45) is 0. The maximum atomic E-state index is 11.9. The minimum absolute atomic E-state index is 0.556. The number of hydrogen-bond donors (Lipinski definition) is 3. The summed E-state index contributed by atoms with van der Waals surface area (Å²) >= 11 is 1.25. The Labute approximate surface area is 106 Å². The van der Waals surface area contributed by atoms with E-state index in [0.717, 1.165) is 0 Å². The van der Waals surface area contributed by atoms with Crippen molar-refractivity contribution in [1.82, 2.24) is 4.90 Å². The summed E-state index contributed by atoms with van der Waals surface area (Å²) in [5.74, 6) is -3.30. The zero-order valence-corrected chi connectivity index (χ0v) is 10.1. The van der Waals surface area contributed by atoms with E-state index < -0.39 is 37.0 Å². The van der Waals surface area contributed by atoms with Crippen molar-refractivity contribution in [2.24, 2.45) is 5.73 Å². The number of rotatable bonds is 6. The van der Waals surface area contributed by atoms with E-state index in [1.165, 1.54) is 11.3 Å². The molecule has 0 radical (unpaired) electrons. The van der Waals surface area contributed by atoms with Gasteiger partial charge in [0.2, 0.25) is 5.91 Å². The van der Waals surface area contributed by atoms with Gasteiger partial charge in [-0.15, -0.1) is 11.3 Å². The zero-order chi connectivity index (χ0) is 13.7. The molecule has 1 aromatic rings. The summed E-state index contributed by atoms with van der Waals surface area (Å²) in [4.78, 5) is 34.3. The highest BCUT2D eigenvalue weighted by Gasteiger charge is 2.26. The third-order valence-corrected chi connectivity index (χ3v) is 3.04. The lowest BCUT2D eigenvalue weighted by molar-refractivity contribution is -0.149. The van der Waals surface area contributed by atoms with Gasteiger partial charge in [-0.2, -0.15) is 0 Å². The number of carboxylic acids is 2. The second kappa shape index (κ2) is 6.12. The first-order valence-electron chi connectivity index (χ1n) is 4.93. The van der Waals surface area contributed by atoms with Crippen LogP contribution in [0.2, 0.25) is 0 Å². The first-order valence-corrected chi connectivity index (χ1v) is 5.81. The molecule has 0 fully saturated rings. The van der Waals surface area contributed by atoms with E-state index in [-0.39, 0.29) is 0 Å². The quantitative estimate of drug-likeness (QED) is 0.656. The summed E-state index contributed by atoms with van der Waals surface area (Å²) in [6, 6.07) is 2.29. The number of carbonyl (C=O) groups excluding carboxylic acids is 1. The van der Waals surface area contributed by atoms with Gasteiger partial charge in [0.05, 0.1) is 0 Å². The van der Waals surface area contributed by atoms with Gasteiger partial charge in [-0.05, 0) is 11.4 Å². The molecule has 18 heavy (non-hydrogen) atoms. The number of carboxylic acid groups (broad SMARTS) is 2. The number of thiophene rings is 1. The molecule has 1 rings (SSSR count). The first kappa shape index (κ1) is 14.1. The zero-order valence-electron chi connectivity index (χ0n) is 9.28. The van der Waals surface area contributed by atoms with E-state index >= 15 is 0 Å². The molecule has 4 N–H and O–H groups in total. The fraction of sp³-hybridized carbons (Fsp3) is 0.300. The second-order valence-electron chi connectivity index (χ2n) is 3.47. The van der Waals surface area contributed by atoms with Crippen LogP contribution < -0.4 is 5.73 Å². The monoisotopic (exact) mass is 272 g/mol. The fourth-order valence-corrected chi connectivity index (χ4v) is 2.04. The van der Waals surface area contributed by atoms with E-state index in [9.17, 15) is 14.4 Å². The van der Waals surface area contributed by atoms with Crippen LogP contribution in [0.5, 0.6) is 0 Å². The normalized spacial score (nSPS) is 11.8. The number of amides is 1. The van der Waals surface area contributed by atoms with E-state index in [1.807, 2.05) is 0 Å². The average Bonchev–Trinajstić information content (AvgIpc) is 2.78. The lowest BCUT2D eigenvalue weighted by atomic mass is 10.2. The Bertz CT molecular complexity index is 429. The summed E-state index contributed by atoms with van der Waals surface area (Å²) in [5, 5.41) is 19.0. The molecule has 1 heterocycles. The standard InChI is InChI=1S/C10H12N2O5S/c11-9(6-2-1-3-18-6)10(17)12(4-7(13)14)5-8(15)16/h1-3,9H,4-5,11H2,(H,13,14)(H,15,16). The predicted octanol–water partition coefficient (Wildman–Crippen LogP) is -0.254. The van der Waals surface area contributed by atoms with Crippen molar-refractivity contribution in [2.75, 3.05) is 13.1 Å². The number of carbonyl (C=O) groups is 3. The molecule has 1 aromatic heterocycles. The Morgan fingerprint density at radius 3 is 2.22 bits per heavy atom. The van der Waals surface area contributed by atoms with Crippen molar-refractivity contribution in [3.63, 3.8) is 0 Å². The summed E-state index contributed by atoms with van der Waals surface area (Å²) in [5.41, 5.74) is 5.67. The van der Waals surface area contributed by atoms with Crippen molar-refractivity contribution in [2.45, 2.75) is 6.04 Å². The first-order chi connectivity index (χ1) is 8.41. The van der Waals surface area contributed by atoms with Gasteiger partial charge in [-0.25, -0.2) is 0 Å². The van der Waals surface area contributed by atoms with Crippen molar-refractivity contribution in [3.8, 4) is 0 Å². The van der Waals surface area contributed by atoms with Crippen molar-refractivity contribution < 1.29 is 24.6 Å². The molecule has 0 spiro atoms. The molecule has 0 aliphatic heterocycles. The van der Waals surface area contributed by atoms with E-state index in [1.54, 1.807) is 17.5 Å². The summed E-state index contributed by atoms with van der Waals surface area (Å²) in [7, 11) is 0. The van der Waals surface area contributed by atoms with Crippen LogP contribution in [0.25, 0.3) is 0 Å². The fourth-order valence-electron chi connectivity index (χ4n) is 1.32. The lowest BCUT2D eigenvalue weighted by Crippen LogP contribution is -2.43. The molecule has 0 aliphatic rings. The molecule has 1 atom stereocenters. The smallest absolute Gasteiger partial charge is 0.323 e. The number of hydrogen-bond acceptors (Lipinski definition) is 5. The molecule has 0 aromatic carbocycles. The molecule has 0 saturated carbocycles. The molecule has 1 unspecified atom stereocenters. The van der Waals surface area contributed by atoms with E-state index in [4.69, 9.17) is 15.9 Å². The van der Waals surface area contributed by atoms with E-state index in [2.05, 4.69) is 0 Å². The minimum Gasteiger partial charge on any atom is -0.480 e. The highest BCUT2D eigenvalue weighted by atomic mass is 32.1. The van der Waals surface area contributed by atoms with Gasteiger partial charge in [-0.1, -0.05) is 6.07 Å². The number of aliphatic carboxylic acids is 2. The van der Waals surface area contributed by atoms with Crippen LogP contribution in [0.4, 0.5) is 0 Å². The van der Waals surface area contributed by atoms with Crippen LogP contribution in [0.3, 0.4) is 0 Å². The van der Waals surface area contributed by atoms with Gasteiger partial charge < -0.3 is 20.8 Å². The van der Waals surface area contributed by atoms with Gasteiger partial charge in [-0.3, -0.25) is 14.4 Å². The van der Waals surface area contributed by atoms with Crippen LogP contribution in [0.15, 0.2) is 17.5 Å². The van der Waals surface area contributed by atoms with Crippen molar-refractivity contribution in [3.05, 3.63) is 22.4 Å². The molecular formula is C10H12N2O5S. The van der Waals surface area contributed by atoms with Crippen molar-refractivity contribution >= 4 is 29.2 Å². The van der Waals surface area contributed by atoms with Crippen LogP contribution in [-0.2, 0) is 14.4 Å². The van der Waals surface area contributed by atoms with E-state index in [0.29, 0.717) is 9.78 Å². The van der Waals surface area contributed by atoms with Gasteiger partial charge in [0.1, 0.15) is 19.1 Å². The minimum atomic E-state index is -1.29. The molecule has 1 amide bonds. The average molecular weight is 272 g/mol. The van der Waals surface area contributed by atoms with Crippen molar-refractivity contribution in [1.29, 1.82) is 0 Å². The molecule has 7 nitrogen and oxygen atoms in total. The van der Waals surface area contributed by atoms with Gasteiger partial charge in [0.25, 0.3) is 0 Å². The third-order valence-electron chi connectivity index (χ3n) is 2.08. The Kier molecular flexibility index (Phi) is 4.81. The number of nitrogens with zero attached hydrogens (tertiary/aromatic N) is 1. The number of nitrogens with two attached hydrogens (primary N) is 1. The second-order valence-corrected chi connectivity index (χ2v) is 4.45. The van der Waals surface area contributed by atoms with Crippen LogP contribution in [0.1, 0.15) is 10.9 Å². The topological polar surface area (TPSA) is 121 Å². The van der Waals surface area contributed by atoms with Crippen LogP contribution in [0, 0.1) is 0 Å². The highest BCUT2D eigenvalue weighted by molar-refractivity contribution is 7.10. The van der Waals surface area contributed by atoms with Crippen LogP contribution in [-0.4, -0.2) is 46.0 Å². The predicted molar refractivity (Wildman–Crippen MR) is 63.1 cm³/mol. The molecule has 98 valence electrons. The molecule has 0 saturated heterocycles. The lowest BCUT2D eigenvalue weighted by Gasteiger charge is -2.21.